The van der Waals surface area contributed by atoms with Gasteiger partial charge in [0.15, 0.2) is 6.29 Å². The van der Waals surface area contributed by atoms with Crippen molar-refractivity contribution in [3.05, 3.63) is 0 Å². The molecule has 0 unspecified atom stereocenters. The third kappa shape index (κ3) is 3.37. The van der Waals surface area contributed by atoms with E-state index >= 15 is 0 Å². The Morgan fingerprint density at radius 3 is 2.05 bits per heavy atom. The molecule has 1 fully saturated rings. The largest absolute Gasteiger partial charge is 0.479 e. The lowest BCUT2D eigenvalue weighted by atomic mass is 9.99. The van der Waals surface area contributed by atoms with Crippen molar-refractivity contribution in [2.24, 2.45) is 0 Å². The molecule has 0 aromatic carbocycles. The summed E-state index contributed by atoms with van der Waals surface area (Å²) in [5.74, 6) is -3.68. The topological polar surface area (TPSA) is 174 Å². The molecule has 110 valence electrons. The van der Waals surface area contributed by atoms with Crippen LogP contribution in [-0.2, 0) is 19.1 Å². The molecule has 6 N–H and O–H groups in total. The lowest BCUT2D eigenvalue weighted by Crippen LogP contribution is -2.60. The van der Waals surface area contributed by atoms with Crippen LogP contribution in [0.4, 0.5) is 0 Å². The second kappa shape index (κ2) is 6.23. The van der Waals surface area contributed by atoms with Gasteiger partial charge in [0, 0.05) is 0 Å². The first kappa shape index (κ1) is 15.8. The molecule has 0 saturated carbocycles. The Labute approximate surface area is 106 Å². The van der Waals surface area contributed by atoms with Gasteiger partial charge in [-0.25, -0.2) is 9.59 Å². The van der Waals surface area contributed by atoms with E-state index in [1.807, 2.05) is 0 Å². The highest BCUT2D eigenvalue weighted by Gasteiger charge is 2.47. The molecule has 0 spiro atoms. The van der Waals surface area contributed by atoms with Crippen molar-refractivity contribution in [1.82, 2.24) is 0 Å². The van der Waals surface area contributed by atoms with E-state index in [4.69, 9.17) is 15.3 Å². The maximum absolute atomic E-state index is 10.6. The lowest BCUT2D eigenvalue weighted by molar-refractivity contribution is -0.301. The van der Waals surface area contributed by atoms with Crippen LogP contribution in [0.25, 0.3) is 0 Å². The highest BCUT2D eigenvalue weighted by molar-refractivity contribution is 5.96. The number of ether oxygens (including phenoxy) is 2. The van der Waals surface area contributed by atoms with Crippen molar-refractivity contribution in [1.29, 1.82) is 0 Å². The van der Waals surface area contributed by atoms with Crippen LogP contribution in [0.15, 0.2) is 0 Å². The maximum atomic E-state index is 10.6. The SMILES string of the molecule is O=C(O)C(O[C@@H]1[C@@H](O)[C@H](O)[C@@H](CO)O[C@@H]1O)C(=O)O. The molecule has 19 heavy (non-hydrogen) atoms. The minimum Gasteiger partial charge on any atom is -0.479 e. The van der Waals surface area contributed by atoms with Gasteiger partial charge in [-0.15, -0.1) is 0 Å². The van der Waals surface area contributed by atoms with Gasteiger partial charge in [0.1, 0.15) is 24.4 Å². The fourth-order valence-corrected chi connectivity index (χ4v) is 1.60. The fraction of sp³-hybridized carbons (Fsp3) is 0.778. The Kier molecular flexibility index (Phi) is 5.17. The van der Waals surface area contributed by atoms with Crippen LogP contribution in [0.5, 0.6) is 0 Å². The zero-order chi connectivity index (χ0) is 14.7. The summed E-state index contributed by atoms with van der Waals surface area (Å²) in [7, 11) is 0. The summed E-state index contributed by atoms with van der Waals surface area (Å²) < 4.78 is 9.21. The Bertz CT molecular complexity index is 330. The van der Waals surface area contributed by atoms with E-state index in [9.17, 15) is 24.9 Å². The summed E-state index contributed by atoms with van der Waals surface area (Å²) in [4.78, 5) is 21.2. The minimum absolute atomic E-state index is 0.705. The first-order valence-electron chi connectivity index (χ1n) is 5.21. The molecule has 1 heterocycles. The average molecular weight is 282 g/mol. The van der Waals surface area contributed by atoms with Gasteiger partial charge in [-0.2, -0.15) is 0 Å². The number of carboxylic acid groups (broad SMARTS) is 2. The number of rotatable bonds is 5. The molecule has 0 aliphatic carbocycles. The zero-order valence-corrected chi connectivity index (χ0v) is 9.49. The van der Waals surface area contributed by atoms with E-state index in [-0.39, 0.29) is 0 Å². The lowest BCUT2D eigenvalue weighted by Gasteiger charge is -2.40. The van der Waals surface area contributed by atoms with Crippen molar-refractivity contribution in [3.63, 3.8) is 0 Å². The molecule has 0 aromatic heterocycles. The van der Waals surface area contributed by atoms with Gasteiger partial charge in [0.05, 0.1) is 6.61 Å². The highest BCUT2D eigenvalue weighted by Crippen LogP contribution is 2.23. The summed E-state index contributed by atoms with van der Waals surface area (Å²) in [6, 6.07) is 0. The van der Waals surface area contributed by atoms with Crippen LogP contribution in [0.3, 0.4) is 0 Å². The molecule has 0 radical (unpaired) electrons. The van der Waals surface area contributed by atoms with Crippen LogP contribution in [0.2, 0.25) is 0 Å². The number of aliphatic hydroxyl groups excluding tert-OH is 4. The van der Waals surface area contributed by atoms with Gasteiger partial charge in [-0.05, 0) is 0 Å². The van der Waals surface area contributed by atoms with Crippen molar-refractivity contribution in [2.75, 3.05) is 6.61 Å². The number of aliphatic carboxylic acids is 2. The highest BCUT2D eigenvalue weighted by atomic mass is 16.7. The van der Waals surface area contributed by atoms with Gasteiger partial charge in [0.25, 0.3) is 6.10 Å². The Morgan fingerprint density at radius 1 is 1.11 bits per heavy atom. The van der Waals surface area contributed by atoms with E-state index in [1.165, 1.54) is 0 Å². The fourth-order valence-electron chi connectivity index (χ4n) is 1.60. The summed E-state index contributed by atoms with van der Waals surface area (Å²) in [6.07, 6.45) is -10.8. The van der Waals surface area contributed by atoms with Gasteiger partial charge >= 0.3 is 11.9 Å². The van der Waals surface area contributed by atoms with E-state index in [2.05, 4.69) is 9.47 Å². The molecular formula is C9H14O10. The molecule has 5 atom stereocenters. The number of carboxylic acids is 2. The summed E-state index contributed by atoms with van der Waals surface area (Å²) in [5, 5.41) is 54.6. The minimum atomic E-state index is -2.34. The van der Waals surface area contributed by atoms with E-state index in [1.54, 1.807) is 0 Å². The monoisotopic (exact) mass is 282 g/mol. The molecule has 0 bridgehead atoms. The normalized spacial score (nSPS) is 35.3. The van der Waals surface area contributed by atoms with E-state index < -0.39 is 55.4 Å². The standard InChI is InChI=1S/C9H14O10/c10-1-2-3(11)4(12)5(9(17)18-2)19-6(7(13)14)8(15)16/h2-6,9-12,17H,1H2,(H,13,14)(H,15,16)/t2-,3-,4+,5-,9+/m1/s1. The van der Waals surface area contributed by atoms with Gasteiger partial charge in [-0.1, -0.05) is 0 Å². The molecule has 1 rings (SSSR count). The smallest absolute Gasteiger partial charge is 0.344 e. The second-order valence-electron chi connectivity index (χ2n) is 3.89. The van der Waals surface area contributed by atoms with Crippen molar-refractivity contribution < 1.29 is 49.7 Å². The van der Waals surface area contributed by atoms with Crippen LogP contribution in [0, 0.1) is 0 Å². The molecule has 10 heteroatoms. The summed E-state index contributed by atoms with van der Waals surface area (Å²) >= 11 is 0. The van der Waals surface area contributed by atoms with Gasteiger partial charge in [-0.3, -0.25) is 0 Å². The van der Waals surface area contributed by atoms with Crippen LogP contribution >= 0.6 is 0 Å². The molecule has 0 amide bonds. The third-order valence-corrected chi connectivity index (χ3v) is 2.58. The molecule has 1 saturated heterocycles. The van der Waals surface area contributed by atoms with Crippen LogP contribution in [0.1, 0.15) is 0 Å². The van der Waals surface area contributed by atoms with Crippen molar-refractivity contribution >= 4 is 11.9 Å². The number of carbonyl (C=O) groups is 2. The maximum Gasteiger partial charge on any atom is 0.344 e. The predicted molar refractivity (Wildman–Crippen MR) is 53.9 cm³/mol. The van der Waals surface area contributed by atoms with Crippen LogP contribution < -0.4 is 0 Å². The molecule has 10 nitrogen and oxygen atoms in total. The first-order chi connectivity index (χ1) is 8.79. The van der Waals surface area contributed by atoms with Crippen LogP contribution in [-0.4, -0.2) is 86.0 Å². The third-order valence-electron chi connectivity index (χ3n) is 2.58. The zero-order valence-electron chi connectivity index (χ0n) is 9.49. The second-order valence-corrected chi connectivity index (χ2v) is 3.89. The Morgan fingerprint density at radius 2 is 1.63 bits per heavy atom. The van der Waals surface area contributed by atoms with E-state index in [0.717, 1.165) is 0 Å². The van der Waals surface area contributed by atoms with E-state index in [0.29, 0.717) is 0 Å². The first-order valence-corrected chi connectivity index (χ1v) is 5.21. The van der Waals surface area contributed by atoms with Crippen molar-refractivity contribution in [2.45, 2.75) is 36.8 Å². The Balaban J connectivity index is 2.82. The van der Waals surface area contributed by atoms with Crippen molar-refractivity contribution in [3.8, 4) is 0 Å². The quantitative estimate of drug-likeness (QED) is 0.276. The summed E-state index contributed by atoms with van der Waals surface area (Å²) in [6.45, 7) is -0.705. The number of hydrogen-bond donors (Lipinski definition) is 6. The molecule has 0 aromatic rings. The molecular weight excluding hydrogens is 268 g/mol. The number of hydrogen-bond acceptors (Lipinski definition) is 8. The Hall–Kier alpha value is -1.30. The number of aliphatic hydroxyl groups is 4. The molecule has 1 aliphatic heterocycles. The molecule has 1 aliphatic rings. The average Bonchev–Trinajstić information content (AvgIpc) is 2.32. The van der Waals surface area contributed by atoms with Gasteiger partial charge < -0.3 is 40.1 Å². The predicted octanol–water partition coefficient (Wildman–Crippen LogP) is -3.66. The van der Waals surface area contributed by atoms with Gasteiger partial charge in [0.2, 0.25) is 0 Å². The summed E-state index contributed by atoms with van der Waals surface area (Å²) in [5.41, 5.74) is 0.